The number of fused-ring (bicyclic) bond motifs is 6. The van der Waals surface area contributed by atoms with Crippen molar-refractivity contribution in [1.82, 2.24) is 4.57 Å². The van der Waals surface area contributed by atoms with Crippen molar-refractivity contribution in [1.29, 1.82) is 0 Å². The first-order valence-electron chi connectivity index (χ1n) is 7.10. The predicted octanol–water partition coefficient (Wildman–Crippen LogP) is 3.33. The van der Waals surface area contributed by atoms with Crippen molar-refractivity contribution in [3.63, 3.8) is 0 Å². The van der Waals surface area contributed by atoms with Crippen molar-refractivity contribution in [2.75, 3.05) is 0 Å². The Morgan fingerprint density at radius 2 is 2.10 bits per heavy atom. The maximum Gasteiger partial charge on any atom is 0.250 e. The molecule has 3 atom stereocenters. The zero-order valence-corrected chi connectivity index (χ0v) is 12.9. The molecule has 1 aromatic carbocycles. The lowest BCUT2D eigenvalue weighted by molar-refractivity contribution is 0.130. The van der Waals surface area contributed by atoms with Gasteiger partial charge in [0, 0.05) is 30.0 Å². The first-order chi connectivity index (χ1) is 9.66. The molecule has 1 fully saturated rings. The molecule has 104 valence electrons. The minimum Gasteiger partial charge on any atom is -0.489 e. The first-order valence-corrected chi connectivity index (χ1v) is 8.02. The van der Waals surface area contributed by atoms with Crippen LogP contribution in [0.3, 0.4) is 0 Å². The van der Waals surface area contributed by atoms with Crippen LogP contribution in [0.1, 0.15) is 30.7 Å². The van der Waals surface area contributed by atoms with E-state index in [1.165, 1.54) is 18.4 Å². The van der Waals surface area contributed by atoms with E-state index in [1.54, 1.807) is 10.6 Å². The van der Waals surface area contributed by atoms with Crippen molar-refractivity contribution >= 4 is 26.8 Å². The minimum atomic E-state index is 0.0334. The number of ether oxygens (including phenoxy) is 1. The topological polar surface area (TPSA) is 31.2 Å². The molecule has 1 aliphatic heterocycles. The second-order valence-electron chi connectivity index (χ2n) is 5.78. The average Bonchev–Trinajstić information content (AvgIpc) is 2.43. The Hall–Kier alpha value is -1.29. The van der Waals surface area contributed by atoms with Crippen LogP contribution in [0.4, 0.5) is 0 Å². The normalized spacial score (nSPS) is 28.0. The lowest BCUT2D eigenvalue weighted by atomic mass is 9.78. The summed E-state index contributed by atoms with van der Waals surface area (Å²) in [5, 5.41) is 1.15. The number of hydrogen-bond donors (Lipinski definition) is 0. The molecule has 0 spiro atoms. The number of rotatable bonds is 0. The molecule has 0 unspecified atom stereocenters. The molecule has 2 bridgehead atoms. The predicted molar refractivity (Wildman–Crippen MR) is 82.9 cm³/mol. The number of nitrogens with zero attached hydrogens (tertiary/aromatic N) is 1. The summed E-state index contributed by atoms with van der Waals surface area (Å²) in [7, 11) is 1.83. The highest BCUT2D eigenvalue weighted by atomic mass is 79.9. The molecule has 1 saturated carbocycles. The van der Waals surface area contributed by atoms with Gasteiger partial charge in [0.15, 0.2) is 0 Å². The molecular weight excluding hydrogens is 318 g/mol. The third kappa shape index (κ3) is 1.60. The van der Waals surface area contributed by atoms with E-state index in [0.717, 1.165) is 23.1 Å². The minimum absolute atomic E-state index is 0.0334. The van der Waals surface area contributed by atoms with E-state index in [2.05, 4.69) is 15.9 Å². The number of halogens is 1. The van der Waals surface area contributed by atoms with Gasteiger partial charge in [-0.25, -0.2) is 0 Å². The quantitative estimate of drug-likeness (QED) is 0.692. The molecule has 4 rings (SSSR count). The van der Waals surface area contributed by atoms with Gasteiger partial charge in [-0.15, -0.1) is 0 Å². The van der Waals surface area contributed by atoms with Crippen molar-refractivity contribution in [3.05, 3.63) is 40.2 Å². The summed E-state index contributed by atoms with van der Waals surface area (Å²) in [6, 6.07) is 7.64. The van der Waals surface area contributed by atoms with E-state index in [1.807, 2.05) is 25.2 Å². The molecule has 2 aromatic rings. The van der Waals surface area contributed by atoms with Crippen LogP contribution in [0, 0.1) is 0 Å². The largest absolute Gasteiger partial charge is 0.489 e. The number of benzene rings is 1. The number of aromatic nitrogens is 1. The van der Waals surface area contributed by atoms with Crippen LogP contribution in [-0.4, -0.2) is 15.5 Å². The highest BCUT2D eigenvalue weighted by molar-refractivity contribution is 9.09. The van der Waals surface area contributed by atoms with Crippen molar-refractivity contribution < 1.29 is 4.74 Å². The summed E-state index contributed by atoms with van der Waals surface area (Å²) in [4.78, 5) is 12.2. The monoisotopic (exact) mass is 333 g/mol. The molecule has 0 radical (unpaired) electrons. The summed E-state index contributed by atoms with van der Waals surface area (Å²) in [6.45, 7) is 0. The zero-order chi connectivity index (χ0) is 13.9. The molecule has 2 aliphatic rings. The summed E-state index contributed by atoms with van der Waals surface area (Å²) in [5.74, 6) is 1.49. The van der Waals surface area contributed by atoms with E-state index in [9.17, 15) is 4.79 Å². The van der Waals surface area contributed by atoms with Gasteiger partial charge in [-0.3, -0.25) is 4.79 Å². The van der Waals surface area contributed by atoms with Gasteiger partial charge < -0.3 is 9.30 Å². The Balaban J connectivity index is 2.04. The van der Waals surface area contributed by atoms with Gasteiger partial charge in [-0.2, -0.15) is 0 Å². The van der Waals surface area contributed by atoms with E-state index >= 15 is 0 Å². The van der Waals surface area contributed by atoms with E-state index in [0.29, 0.717) is 10.7 Å². The Bertz CT molecular complexity index is 752. The highest BCUT2D eigenvalue weighted by Gasteiger charge is 2.40. The molecule has 20 heavy (non-hydrogen) atoms. The van der Waals surface area contributed by atoms with Crippen molar-refractivity contribution in [3.8, 4) is 5.75 Å². The van der Waals surface area contributed by atoms with Gasteiger partial charge in [0.2, 0.25) is 0 Å². The van der Waals surface area contributed by atoms with Crippen LogP contribution in [-0.2, 0) is 7.05 Å². The third-order valence-corrected chi connectivity index (χ3v) is 5.93. The maximum atomic E-state index is 11.8. The molecule has 2 heterocycles. The van der Waals surface area contributed by atoms with Gasteiger partial charge >= 0.3 is 0 Å². The zero-order valence-electron chi connectivity index (χ0n) is 11.3. The van der Waals surface area contributed by atoms with Gasteiger partial charge in [0.1, 0.15) is 11.9 Å². The van der Waals surface area contributed by atoms with Crippen LogP contribution in [0.2, 0.25) is 0 Å². The Labute approximate surface area is 125 Å². The van der Waals surface area contributed by atoms with Crippen molar-refractivity contribution in [2.45, 2.75) is 36.1 Å². The van der Waals surface area contributed by atoms with Gasteiger partial charge in [0.05, 0.1) is 10.3 Å². The smallest absolute Gasteiger partial charge is 0.250 e. The highest BCUT2D eigenvalue weighted by Crippen LogP contribution is 2.49. The van der Waals surface area contributed by atoms with Crippen LogP contribution < -0.4 is 10.3 Å². The second kappa shape index (κ2) is 4.35. The Morgan fingerprint density at radius 1 is 1.25 bits per heavy atom. The number of alkyl halides is 1. The van der Waals surface area contributed by atoms with E-state index < -0.39 is 0 Å². The van der Waals surface area contributed by atoms with Crippen LogP contribution in [0.5, 0.6) is 5.75 Å². The molecule has 0 saturated heterocycles. The van der Waals surface area contributed by atoms with Crippen LogP contribution in [0.25, 0.3) is 10.9 Å². The molecule has 1 aromatic heterocycles. The lowest BCUT2D eigenvalue weighted by Crippen LogP contribution is -2.40. The van der Waals surface area contributed by atoms with Crippen LogP contribution >= 0.6 is 15.9 Å². The fraction of sp³-hybridized carbons (Fsp3) is 0.438. The summed E-state index contributed by atoms with van der Waals surface area (Å²) >= 11 is 3.83. The van der Waals surface area contributed by atoms with Gasteiger partial charge in [-0.05, 0) is 37.5 Å². The van der Waals surface area contributed by atoms with E-state index in [-0.39, 0.29) is 11.7 Å². The fourth-order valence-electron chi connectivity index (χ4n) is 3.65. The molecule has 1 aliphatic carbocycles. The number of hydrogen-bond acceptors (Lipinski definition) is 2. The lowest BCUT2D eigenvalue weighted by Gasteiger charge is -2.41. The molecule has 3 nitrogen and oxygen atoms in total. The Kier molecular flexibility index (Phi) is 2.71. The summed E-state index contributed by atoms with van der Waals surface area (Å²) in [6.07, 6.45) is 3.80. The fourth-order valence-corrected chi connectivity index (χ4v) is 4.55. The SMILES string of the molecule is Cn1c(=O)ccc2c3c(ccc21)O[C@@H]1CCC[C@H]3[C@H]1Br. The maximum absolute atomic E-state index is 11.8. The number of aryl methyl sites for hydroxylation is 1. The van der Waals surface area contributed by atoms with E-state index in [4.69, 9.17) is 4.74 Å². The molecule has 0 amide bonds. The third-order valence-electron chi connectivity index (χ3n) is 4.70. The molecule has 4 heteroatoms. The second-order valence-corrected chi connectivity index (χ2v) is 6.84. The van der Waals surface area contributed by atoms with Gasteiger partial charge in [-0.1, -0.05) is 15.9 Å². The summed E-state index contributed by atoms with van der Waals surface area (Å²) < 4.78 is 7.88. The van der Waals surface area contributed by atoms with Crippen molar-refractivity contribution in [2.24, 2.45) is 7.05 Å². The summed E-state index contributed by atoms with van der Waals surface area (Å²) in [5.41, 5.74) is 2.30. The Morgan fingerprint density at radius 3 is 2.95 bits per heavy atom. The average molecular weight is 334 g/mol. The molecular formula is C16H16BrNO2. The standard InChI is InChI=1S/C16H16BrNO2/c1-18-11-6-7-12-15(9(11)5-8-14(18)19)10-3-2-4-13(20-12)16(10)17/h5-8,10,13,16H,2-4H2,1H3/t10-,13-,16-/m1/s1. The molecule has 0 N–H and O–H groups in total. The number of pyridine rings is 1. The van der Waals surface area contributed by atoms with Gasteiger partial charge in [0.25, 0.3) is 5.56 Å². The first kappa shape index (κ1) is 12.5. The van der Waals surface area contributed by atoms with Crippen LogP contribution in [0.15, 0.2) is 29.1 Å².